The summed E-state index contributed by atoms with van der Waals surface area (Å²) in [6.45, 7) is 8.79. The molecular weight excluding hydrogens is 394 g/mol. The molecule has 0 bridgehead atoms. The molecule has 1 saturated heterocycles. The van der Waals surface area contributed by atoms with E-state index >= 15 is 0 Å². The minimum absolute atomic E-state index is 0.0574. The molecule has 1 aliphatic rings. The molecule has 0 aromatic carbocycles. The van der Waals surface area contributed by atoms with Crippen LogP contribution in [0.1, 0.15) is 20.3 Å². The number of fused-ring (bicyclic) bond motifs is 1. The molecule has 1 amide bonds. The Hall–Kier alpha value is -3.07. The topological polar surface area (TPSA) is 101 Å². The molecule has 2 atom stereocenters. The van der Waals surface area contributed by atoms with Crippen LogP contribution in [0.15, 0.2) is 31.2 Å². The maximum Gasteiger partial charge on any atom is 0.246 e. The van der Waals surface area contributed by atoms with Crippen molar-refractivity contribution >= 4 is 40.2 Å². The van der Waals surface area contributed by atoms with E-state index in [2.05, 4.69) is 31.9 Å². The number of amides is 1. The zero-order valence-corrected chi connectivity index (χ0v) is 17.0. The molecule has 9 nitrogen and oxygen atoms in total. The minimum Gasteiger partial charge on any atom is -0.472 e. The lowest BCUT2D eigenvalue weighted by Crippen LogP contribution is -2.33. The van der Waals surface area contributed by atoms with Gasteiger partial charge >= 0.3 is 0 Å². The largest absolute Gasteiger partial charge is 0.472 e. The van der Waals surface area contributed by atoms with E-state index in [1.807, 2.05) is 20.0 Å². The monoisotopic (exact) mass is 415 g/mol. The first-order chi connectivity index (χ1) is 14.0. The van der Waals surface area contributed by atoms with Crippen LogP contribution in [0.5, 0.6) is 5.88 Å². The molecule has 0 radical (unpaired) electrons. The molecule has 1 fully saturated rings. The molecule has 4 rings (SSSR count). The molecule has 10 heteroatoms. The van der Waals surface area contributed by atoms with E-state index in [4.69, 9.17) is 16.3 Å². The SMILES string of the molecule is C=CC(=O)N1CC(Oc2nc(Nc3cnn(CC)c3)nc3[nH]cc(Cl)c23)CC1C. The fourth-order valence-corrected chi connectivity index (χ4v) is 3.71. The fraction of sp³-hybridized carbons (Fsp3) is 0.368. The lowest BCUT2D eigenvalue weighted by molar-refractivity contribution is -0.126. The number of halogens is 1. The first-order valence-electron chi connectivity index (χ1n) is 9.42. The van der Waals surface area contributed by atoms with Gasteiger partial charge in [0.1, 0.15) is 11.8 Å². The van der Waals surface area contributed by atoms with Gasteiger partial charge in [0.25, 0.3) is 0 Å². The Morgan fingerprint density at radius 1 is 1.52 bits per heavy atom. The first kappa shape index (κ1) is 19.3. The Kier molecular flexibility index (Phi) is 5.14. The van der Waals surface area contributed by atoms with E-state index in [0.29, 0.717) is 40.8 Å². The number of H-pyrrole nitrogens is 1. The molecule has 0 aliphatic carbocycles. The number of nitrogens with one attached hydrogen (secondary N) is 2. The van der Waals surface area contributed by atoms with Crippen molar-refractivity contribution in [3.8, 4) is 5.88 Å². The van der Waals surface area contributed by atoms with Gasteiger partial charge in [0.15, 0.2) is 0 Å². The molecule has 0 spiro atoms. The second kappa shape index (κ2) is 7.75. The van der Waals surface area contributed by atoms with Gasteiger partial charge in [-0.15, -0.1) is 0 Å². The summed E-state index contributed by atoms with van der Waals surface area (Å²) in [5.41, 5.74) is 1.34. The Balaban J connectivity index is 1.61. The quantitative estimate of drug-likeness (QED) is 0.600. The Morgan fingerprint density at radius 2 is 2.34 bits per heavy atom. The third-order valence-corrected chi connectivity index (χ3v) is 5.23. The smallest absolute Gasteiger partial charge is 0.246 e. The number of aromatic nitrogens is 5. The molecule has 0 saturated carbocycles. The number of hydrogen-bond acceptors (Lipinski definition) is 6. The summed E-state index contributed by atoms with van der Waals surface area (Å²) < 4.78 is 7.98. The van der Waals surface area contributed by atoms with Crippen LogP contribution < -0.4 is 10.1 Å². The van der Waals surface area contributed by atoms with Crippen molar-refractivity contribution in [2.24, 2.45) is 0 Å². The van der Waals surface area contributed by atoms with Crippen molar-refractivity contribution in [2.75, 3.05) is 11.9 Å². The Morgan fingerprint density at radius 3 is 3.07 bits per heavy atom. The summed E-state index contributed by atoms with van der Waals surface area (Å²) in [6, 6.07) is 0.0574. The average molecular weight is 416 g/mol. The number of aromatic amines is 1. The standard InChI is InChI=1S/C19H22ClN7O2/c1-4-15(28)27-10-13(6-11(27)3)29-18-16-14(20)8-21-17(16)24-19(25-18)23-12-7-22-26(5-2)9-12/h4,7-9,11,13H,1,5-6,10H2,2-3H3,(H2,21,23,24,25). The van der Waals surface area contributed by atoms with E-state index in [1.54, 1.807) is 22.0 Å². The number of nitrogens with zero attached hydrogens (tertiary/aromatic N) is 5. The van der Waals surface area contributed by atoms with Crippen LogP contribution in [-0.2, 0) is 11.3 Å². The Bertz CT molecular complexity index is 1060. The van der Waals surface area contributed by atoms with Crippen LogP contribution >= 0.6 is 11.6 Å². The lowest BCUT2D eigenvalue weighted by Gasteiger charge is -2.19. The number of likely N-dealkylation sites (tertiary alicyclic amines) is 1. The molecule has 29 heavy (non-hydrogen) atoms. The zero-order chi connectivity index (χ0) is 20.5. The summed E-state index contributed by atoms with van der Waals surface area (Å²) >= 11 is 6.33. The van der Waals surface area contributed by atoms with Crippen LogP contribution in [0.3, 0.4) is 0 Å². The summed E-state index contributed by atoms with van der Waals surface area (Å²) in [6.07, 6.45) is 7.04. The van der Waals surface area contributed by atoms with E-state index in [-0.39, 0.29) is 18.1 Å². The molecular formula is C19H22ClN7O2. The normalized spacial score (nSPS) is 18.9. The van der Waals surface area contributed by atoms with E-state index < -0.39 is 0 Å². The molecule has 2 N–H and O–H groups in total. The van der Waals surface area contributed by atoms with Gasteiger partial charge in [-0.05, 0) is 19.9 Å². The molecule has 4 heterocycles. The molecule has 3 aromatic heterocycles. The first-order valence-corrected chi connectivity index (χ1v) is 9.80. The molecule has 1 aliphatic heterocycles. The number of carbonyl (C=O) groups is 1. The number of anilines is 2. The molecule has 2 unspecified atom stereocenters. The fourth-order valence-electron chi connectivity index (χ4n) is 3.48. The zero-order valence-electron chi connectivity index (χ0n) is 16.2. The maximum atomic E-state index is 12.0. The average Bonchev–Trinajstić information content (AvgIpc) is 3.40. The summed E-state index contributed by atoms with van der Waals surface area (Å²) in [7, 11) is 0. The van der Waals surface area contributed by atoms with Crippen molar-refractivity contribution in [1.82, 2.24) is 29.6 Å². The number of hydrogen-bond donors (Lipinski definition) is 2. The lowest BCUT2D eigenvalue weighted by atomic mass is 10.2. The highest BCUT2D eigenvalue weighted by atomic mass is 35.5. The minimum atomic E-state index is -0.200. The van der Waals surface area contributed by atoms with Crippen molar-refractivity contribution < 1.29 is 9.53 Å². The third-order valence-electron chi connectivity index (χ3n) is 4.94. The van der Waals surface area contributed by atoms with Crippen molar-refractivity contribution in [2.45, 2.75) is 39.0 Å². The van der Waals surface area contributed by atoms with Gasteiger partial charge < -0.3 is 19.9 Å². The molecule has 3 aromatic rings. The van der Waals surface area contributed by atoms with Gasteiger partial charge in [-0.3, -0.25) is 9.48 Å². The Labute approximate surface area is 172 Å². The van der Waals surface area contributed by atoms with Crippen LogP contribution in [0.25, 0.3) is 11.0 Å². The summed E-state index contributed by atoms with van der Waals surface area (Å²) in [4.78, 5) is 25.8. The van der Waals surface area contributed by atoms with Gasteiger partial charge in [0.2, 0.25) is 17.7 Å². The predicted molar refractivity (Wildman–Crippen MR) is 110 cm³/mol. The third kappa shape index (κ3) is 3.77. The van der Waals surface area contributed by atoms with Gasteiger partial charge in [-0.2, -0.15) is 15.1 Å². The van der Waals surface area contributed by atoms with Crippen molar-refractivity contribution in [1.29, 1.82) is 0 Å². The number of aryl methyl sites for hydroxylation is 1. The summed E-state index contributed by atoms with van der Waals surface area (Å²) in [5, 5.41) is 8.47. The second-order valence-corrected chi connectivity index (χ2v) is 7.35. The van der Waals surface area contributed by atoms with Crippen molar-refractivity contribution in [3.63, 3.8) is 0 Å². The molecule has 152 valence electrons. The van der Waals surface area contributed by atoms with Crippen LogP contribution in [0.2, 0.25) is 5.02 Å². The van der Waals surface area contributed by atoms with E-state index in [1.165, 1.54) is 6.08 Å². The van der Waals surface area contributed by atoms with Gasteiger partial charge in [0, 0.05) is 31.4 Å². The van der Waals surface area contributed by atoms with Crippen LogP contribution in [0, 0.1) is 0 Å². The highest BCUT2D eigenvalue weighted by Crippen LogP contribution is 2.33. The van der Waals surface area contributed by atoms with Crippen LogP contribution in [0.4, 0.5) is 11.6 Å². The highest BCUT2D eigenvalue weighted by Gasteiger charge is 2.33. The van der Waals surface area contributed by atoms with Gasteiger partial charge in [0.05, 0.1) is 28.8 Å². The van der Waals surface area contributed by atoms with E-state index in [0.717, 1.165) is 12.2 Å². The maximum absolute atomic E-state index is 12.0. The predicted octanol–water partition coefficient (Wildman–Crippen LogP) is 3.13. The number of rotatable bonds is 6. The summed E-state index contributed by atoms with van der Waals surface area (Å²) in [5.74, 6) is 0.634. The van der Waals surface area contributed by atoms with Crippen LogP contribution in [-0.4, -0.2) is 54.2 Å². The van der Waals surface area contributed by atoms with Gasteiger partial charge in [-0.25, -0.2) is 0 Å². The van der Waals surface area contributed by atoms with E-state index in [9.17, 15) is 4.79 Å². The highest BCUT2D eigenvalue weighted by molar-refractivity contribution is 6.35. The number of carbonyl (C=O) groups excluding carboxylic acids is 1. The van der Waals surface area contributed by atoms with Gasteiger partial charge in [-0.1, -0.05) is 18.2 Å². The number of ether oxygens (including phenoxy) is 1. The van der Waals surface area contributed by atoms with Crippen molar-refractivity contribution in [3.05, 3.63) is 36.3 Å². The second-order valence-electron chi connectivity index (χ2n) is 6.94.